The number of rotatable bonds is 5. The number of hydrogen-bond acceptors (Lipinski definition) is 6. The van der Waals surface area contributed by atoms with Crippen LogP contribution in [-0.2, 0) is 16.1 Å². The van der Waals surface area contributed by atoms with Crippen LogP contribution in [0.5, 0.6) is 0 Å². The molecule has 2 N–H and O–H groups in total. The molecule has 0 aromatic carbocycles. The van der Waals surface area contributed by atoms with E-state index in [1.165, 1.54) is 11.1 Å². The highest BCUT2D eigenvalue weighted by Crippen LogP contribution is 2.35. The quantitative estimate of drug-likeness (QED) is 0.711. The van der Waals surface area contributed by atoms with Crippen LogP contribution in [0.3, 0.4) is 0 Å². The number of alkyl halides is 3. The smallest absolute Gasteiger partial charge is 0.475 e. The summed E-state index contributed by atoms with van der Waals surface area (Å²) in [7, 11) is 0. The number of aliphatic carboxylic acids is 1. The van der Waals surface area contributed by atoms with Crippen LogP contribution in [-0.4, -0.2) is 59.9 Å². The summed E-state index contributed by atoms with van der Waals surface area (Å²) in [4.78, 5) is 24.9. The number of thiophene rings is 1. The van der Waals surface area contributed by atoms with Crippen LogP contribution < -0.4 is 5.32 Å². The zero-order chi connectivity index (χ0) is 22.4. The van der Waals surface area contributed by atoms with Gasteiger partial charge < -0.3 is 19.6 Å². The first kappa shape index (κ1) is 23.3. The van der Waals surface area contributed by atoms with E-state index in [1.54, 1.807) is 12.1 Å². The minimum Gasteiger partial charge on any atom is -0.475 e. The van der Waals surface area contributed by atoms with Crippen LogP contribution in [0.4, 0.5) is 13.2 Å². The van der Waals surface area contributed by atoms with E-state index in [1.807, 2.05) is 11.3 Å². The molecule has 0 spiro atoms. The monoisotopic (exact) mass is 460 g/mol. The summed E-state index contributed by atoms with van der Waals surface area (Å²) < 4.78 is 43.0. The summed E-state index contributed by atoms with van der Waals surface area (Å²) in [6.07, 6.45) is -1.12. The molecule has 170 valence electrons. The minimum atomic E-state index is -5.08. The molecular weight excluding hydrogens is 437 g/mol. The summed E-state index contributed by atoms with van der Waals surface area (Å²) in [5, 5.41) is 12.3. The first-order valence-corrected chi connectivity index (χ1v) is 10.6. The van der Waals surface area contributed by atoms with E-state index in [9.17, 15) is 18.0 Å². The predicted octanol–water partition coefficient (Wildman–Crippen LogP) is 3.38. The third-order valence-electron chi connectivity index (χ3n) is 5.29. The molecule has 2 aromatic rings. The predicted molar refractivity (Wildman–Crippen MR) is 106 cm³/mol. The van der Waals surface area contributed by atoms with Crippen LogP contribution in [0.15, 0.2) is 40.3 Å². The molecule has 7 nitrogen and oxygen atoms in total. The zero-order valence-corrected chi connectivity index (χ0v) is 17.3. The van der Waals surface area contributed by atoms with Gasteiger partial charge in [0.1, 0.15) is 0 Å². The van der Waals surface area contributed by atoms with E-state index in [2.05, 4.69) is 27.7 Å². The topological polar surface area (TPSA) is 92.0 Å². The van der Waals surface area contributed by atoms with Gasteiger partial charge in [0.25, 0.3) is 5.91 Å². The highest BCUT2D eigenvalue weighted by atomic mass is 32.1. The molecule has 2 aromatic heterocycles. The minimum absolute atomic E-state index is 0.144. The second-order valence-electron chi connectivity index (χ2n) is 7.28. The van der Waals surface area contributed by atoms with Crippen molar-refractivity contribution in [1.29, 1.82) is 0 Å². The van der Waals surface area contributed by atoms with E-state index in [0.29, 0.717) is 24.3 Å². The summed E-state index contributed by atoms with van der Waals surface area (Å²) in [5.74, 6) is -2.16. The Hall–Kier alpha value is -2.37. The van der Waals surface area contributed by atoms with Crippen molar-refractivity contribution in [3.8, 4) is 0 Å². The molecule has 1 aliphatic heterocycles. The Morgan fingerprint density at radius 3 is 2.65 bits per heavy atom. The van der Waals surface area contributed by atoms with Crippen molar-refractivity contribution < 1.29 is 37.0 Å². The Labute approximate surface area is 180 Å². The van der Waals surface area contributed by atoms with Crippen molar-refractivity contribution in [3.05, 3.63) is 46.5 Å². The van der Waals surface area contributed by atoms with Gasteiger partial charge in [0.2, 0.25) is 0 Å². The summed E-state index contributed by atoms with van der Waals surface area (Å²) >= 11 is 1.81. The molecule has 3 heterocycles. The second-order valence-corrected chi connectivity index (χ2v) is 8.31. The number of morpholine rings is 1. The molecule has 0 radical (unpaired) electrons. The molecule has 1 aliphatic carbocycles. The number of halogens is 3. The Morgan fingerprint density at radius 1 is 1.26 bits per heavy atom. The third kappa shape index (κ3) is 6.31. The van der Waals surface area contributed by atoms with Gasteiger partial charge in [-0.25, -0.2) is 4.79 Å². The van der Waals surface area contributed by atoms with E-state index >= 15 is 0 Å². The average molecular weight is 460 g/mol. The van der Waals surface area contributed by atoms with Crippen molar-refractivity contribution >= 4 is 23.2 Å². The highest BCUT2D eigenvalue weighted by molar-refractivity contribution is 7.09. The number of furan rings is 1. The Kier molecular flexibility index (Phi) is 7.74. The van der Waals surface area contributed by atoms with Crippen LogP contribution >= 0.6 is 11.3 Å². The highest BCUT2D eigenvalue weighted by Gasteiger charge is 2.42. The maximum absolute atomic E-state index is 12.0. The Balaban J connectivity index is 0.000000339. The molecule has 1 amide bonds. The van der Waals surface area contributed by atoms with Crippen molar-refractivity contribution in [2.75, 3.05) is 19.7 Å². The molecule has 2 fully saturated rings. The standard InChI is InChI=1S/C18H22N2O3S.C2HF3O2/c21-18(16-4-1-8-22-16)19-11-13-5-6-15-17(13)23-9-7-20(15)12-14-3-2-10-24-14;3-2(4,5)1(6)7/h1-4,8,10,13,15,17H,5-7,9,11-12H2,(H,19,21);(H,6,7). The van der Waals surface area contributed by atoms with Crippen LogP contribution in [0.1, 0.15) is 28.3 Å². The number of nitrogens with one attached hydrogen (secondary N) is 1. The molecule has 31 heavy (non-hydrogen) atoms. The molecule has 4 rings (SSSR count). The van der Waals surface area contributed by atoms with E-state index in [4.69, 9.17) is 19.1 Å². The number of ether oxygens (including phenoxy) is 1. The normalized spacial score (nSPS) is 23.5. The molecule has 1 saturated carbocycles. The number of carbonyl (C=O) groups excluding carboxylic acids is 1. The maximum atomic E-state index is 12.0. The van der Waals surface area contributed by atoms with Crippen LogP contribution in [0.25, 0.3) is 0 Å². The van der Waals surface area contributed by atoms with Crippen molar-refractivity contribution in [3.63, 3.8) is 0 Å². The zero-order valence-electron chi connectivity index (χ0n) is 16.5. The number of amides is 1. The SMILES string of the molecule is O=C(NCC1CCC2C1OCCN2Cc1cccs1)c1ccco1.O=C(O)C(F)(F)F. The van der Waals surface area contributed by atoms with Crippen LogP contribution in [0, 0.1) is 5.92 Å². The fraction of sp³-hybridized carbons (Fsp3) is 0.500. The number of carboxylic acids is 1. The fourth-order valence-electron chi connectivity index (χ4n) is 3.87. The molecule has 11 heteroatoms. The lowest BCUT2D eigenvalue weighted by Gasteiger charge is -2.39. The third-order valence-corrected chi connectivity index (χ3v) is 6.15. The lowest BCUT2D eigenvalue weighted by atomic mass is 10.0. The maximum Gasteiger partial charge on any atom is 0.490 e. The first-order chi connectivity index (χ1) is 14.8. The van der Waals surface area contributed by atoms with Gasteiger partial charge in [0.05, 0.1) is 19.0 Å². The van der Waals surface area contributed by atoms with Gasteiger partial charge in [0, 0.05) is 36.5 Å². The number of nitrogens with zero attached hydrogens (tertiary/aromatic N) is 1. The molecule has 2 aliphatic rings. The van der Waals surface area contributed by atoms with E-state index < -0.39 is 12.1 Å². The molecule has 3 unspecified atom stereocenters. The Bertz CT molecular complexity index is 842. The fourth-order valence-corrected chi connectivity index (χ4v) is 4.60. The summed E-state index contributed by atoms with van der Waals surface area (Å²) in [6, 6.07) is 8.19. The molecule has 1 saturated heterocycles. The van der Waals surface area contributed by atoms with Crippen molar-refractivity contribution in [1.82, 2.24) is 10.2 Å². The lowest BCUT2D eigenvalue weighted by molar-refractivity contribution is -0.192. The van der Waals surface area contributed by atoms with Gasteiger partial charge in [-0.3, -0.25) is 9.69 Å². The summed E-state index contributed by atoms with van der Waals surface area (Å²) in [5.41, 5.74) is 0. The number of carboxylic acid groups (broad SMARTS) is 1. The second kappa shape index (κ2) is 10.3. The van der Waals surface area contributed by atoms with E-state index in [-0.39, 0.29) is 12.0 Å². The van der Waals surface area contributed by atoms with Gasteiger partial charge in [-0.05, 0) is 36.4 Å². The average Bonchev–Trinajstić information content (AvgIpc) is 3.48. The van der Waals surface area contributed by atoms with Gasteiger partial charge >= 0.3 is 12.1 Å². The van der Waals surface area contributed by atoms with Crippen molar-refractivity contribution in [2.45, 2.75) is 37.7 Å². The first-order valence-electron chi connectivity index (χ1n) is 9.75. The number of hydrogen-bond donors (Lipinski definition) is 2. The molecule has 0 bridgehead atoms. The number of fused-ring (bicyclic) bond motifs is 1. The van der Waals surface area contributed by atoms with Gasteiger partial charge in [-0.2, -0.15) is 13.2 Å². The van der Waals surface area contributed by atoms with Crippen LogP contribution in [0.2, 0.25) is 0 Å². The van der Waals surface area contributed by atoms with Gasteiger partial charge in [-0.1, -0.05) is 6.07 Å². The molecule has 3 atom stereocenters. The van der Waals surface area contributed by atoms with Gasteiger partial charge in [0.15, 0.2) is 5.76 Å². The number of carbonyl (C=O) groups is 2. The summed E-state index contributed by atoms with van der Waals surface area (Å²) in [6.45, 7) is 3.42. The van der Waals surface area contributed by atoms with E-state index in [0.717, 1.165) is 32.5 Å². The Morgan fingerprint density at radius 2 is 2.03 bits per heavy atom. The molecular formula is C20H23F3N2O5S. The largest absolute Gasteiger partial charge is 0.490 e. The lowest BCUT2D eigenvalue weighted by Crippen LogP contribution is -2.50. The van der Waals surface area contributed by atoms with Crippen molar-refractivity contribution in [2.24, 2.45) is 5.92 Å². The van der Waals surface area contributed by atoms with Gasteiger partial charge in [-0.15, -0.1) is 11.3 Å².